The molecule has 19 heavy (non-hydrogen) atoms. The predicted molar refractivity (Wildman–Crippen MR) is 81.4 cm³/mol. The molecule has 0 heterocycles. The van der Waals surface area contributed by atoms with Gasteiger partial charge < -0.3 is 11.1 Å². The fourth-order valence-electron chi connectivity index (χ4n) is 3.39. The highest BCUT2D eigenvalue weighted by Gasteiger charge is 2.29. The van der Waals surface area contributed by atoms with Crippen LogP contribution in [0, 0.1) is 11.3 Å². The van der Waals surface area contributed by atoms with Gasteiger partial charge in [0.15, 0.2) is 0 Å². The van der Waals surface area contributed by atoms with Crippen LogP contribution in [0.25, 0.3) is 0 Å². The summed E-state index contributed by atoms with van der Waals surface area (Å²) >= 11 is 0. The van der Waals surface area contributed by atoms with Crippen LogP contribution in [0.4, 0.5) is 0 Å². The van der Waals surface area contributed by atoms with Crippen molar-refractivity contribution in [3.05, 3.63) is 0 Å². The van der Waals surface area contributed by atoms with Crippen molar-refractivity contribution in [1.29, 1.82) is 0 Å². The third kappa shape index (κ3) is 4.96. The van der Waals surface area contributed by atoms with Gasteiger partial charge in [-0.25, -0.2) is 0 Å². The summed E-state index contributed by atoms with van der Waals surface area (Å²) in [6, 6.07) is 0.657. The standard InChI is InChI=1S/C15H28N2O.ClH/c1-15(2)8-6-12(7-9-15)17-14(18)10-11-4-3-5-13(11)16;/h11-13H,3-10,16H2,1-2H3,(H,17,18);1H/t11-,13+;/m0./s1. The summed E-state index contributed by atoms with van der Waals surface area (Å²) in [6.07, 6.45) is 8.77. The van der Waals surface area contributed by atoms with E-state index in [4.69, 9.17) is 5.73 Å². The molecule has 0 bridgehead atoms. The normalized spacial score (nSPS) is 30.7. The van der Waals surface area contributed by atoms with E-state index in [-0.39, 0.29) is 24.4 Å². The van der Waals surface area contributed by atoms with Gasteiger partial charge >= 0.3 is 0 Å². The highest BCUT2D eigenvalue weighted by atomic mass is 35.5. The first-order valence-corrected chi connectivity index (χ1v) is 7.51. The molecule has 3 N–H and O–H groups in total. The van der Waals surface area contributed by atoms with Crippen LogP contribution < -0.4 is 11.1 Å². The Morgan fingerprint density at radius 2 is 1.84 bits per heavy atom. The van der Waals surface area contributed by atoms with Gasteiger partial charge in [0, 0.05) is 18.5 Å². The molecule has 2 fully saturated rings. The Morgan fingerprint density at radius 3 is 2.37 bits per heavy atom. The second kappa shape index (κ2) is 6.94. The summed E-state index contributed by atoms with van der Waals surface area (Å²) in [4.78, 5) is 12.0. The van der Waals surface area contributed by atoms with Crippen LogP contribution >= 0.6 is 12.4 Å². The van der Waals surface area contributed by atoms with Crippen LogP contribution in [0.1, 0.15) is 65.2 Å². The molecule has 112 valence electrons. The van der Waals surface area contributed by atoms with E-state index in [2.05, 4.69) is 19.2 Å². The van der Waals surface area contributed by atoms with Crippen LogP contribution in [0.5, 0.6) is 0 Å². The number of carbonyl (C=O) groups excluding carboxylic acids is 1. The van der Waals surface area contributed by atoms with Crippen molar-refractivity contribution in [1.82, 2.24) is 5.32 Å². The molecule has 0 spiro atoms. The van der Waals surface area contributed by atoms with Gasteiger partial charge in [0.25, 0.3) is 0 Å². The number of halogens is 1. The third-order valence-electron chi connectivity index (χ3n) is 4.87. The molecule has 4 heteroatoms. The number of rotatable bonds is 3. The quantitative estimate of drug-likeness (QED) is 0.839. The van der Waals surface area contributed by atoms with Gasteiger partial charge in [-0.15, -0.1) is 12.4 Å². The molecular weight excluding hydrogens is 260 g/mol. The summed E-state index contributed by atoms with van der Waals surface area (Å²) in [6.45, 7) is 4.64. The summed E-state index contributed by atoms with van der Waals surface area (Å²) < 4.78 is 0. The zero-order valence-corrected chi connectivity index (χ0v) is 13.1. The number of hydrogen-bond acceptors (Lipinski definition) is 2. The van der Waals surface area contributed by atoms with E-state index in [1.807, 2.05) is 0 Å². The molecule has 2 aliphatic rings. The molecule has 0 saturated heterocycles. The third-order valence-corrected chi connectivity index (χ3v) is 4.87. The number of carbonyl (C=O) groups is 1. The molecular formula is C15H29ClN2O. The molecule has 0 radical (unpaired) electrons. The number of nitrogens with two attached hydrogens (primary N) is 1. The number of hydrogen-bond donors (Lipinski definition) is 2. The Balaban J connectivity index is 0.00000180. The van der Waals surface area contributed by atoms with E-state index >= 15 is 0 Å². The van der Waals surface area contributed by atoms with Crippen LogP contribution in [0.2, 0.25) is 0 Å². The SMILES string of the molecule is CC1(C)CCC(NC(=O)C[C@@H]2CCC[C@H]2N)CC1.Cl. The minimum Gasteiger partial charge on any atom is -0.353 e. The molecule has 0 aromatic carbocycles. The Morgan fingerprint density at radius 1 is 1.21 bits per heavy atom. The molecule has 0 aliphatic heterocycles. The Bertz CT molecular complexity index is 297. The number of nitrogens with one attached hydrogen (secondary N) is 1. The van der Waals surface area contributed by atoms with Crippen molar-refractivity contribution in [3.63, 3.8) is 0 Å². The predicted octanol–water partition coefficient (Wildman–Crippen LogP) is 3.01. The molecule has 2 rings (SSSR count). The zero-order chi connectivity index (χ0) is 13.2. The molecule has 1 amide bonds. The highest BCUT2D eigenvalue weighted by Crippen LogP contribution is 2.35. The van der Waals surface area contributed by atoms with Crippen LogP contribution in [0.3, 0.4) is 0 Å². The Hall–Kier alpha value is -0.280. The summed E-state index contributed by atoms with van der Waals surface area (Å²) in [5.74, 6) is 0.645. The average molecular weight is 289 g/mol. The lowest BCUT2D eigenvalue weighted by Gasteiger charge is -2.34. The van der Waals surface area contributed by atoms with Crippen LogP contribution in [-0.4, -0.2) is 18.0 Å². The van der Waals surface area contributed by atoms with Crippen molar-refractivity contribution in [2.24, 2.45) is 17.1 Å². The first kappa shape index (κ1) is 16.8. The molecule has 2 aliphatic carbocycles. The van der Waals surface area contributed by atoms with Gasteiger partial charge in [0.1, 0.15) is 0 Å². The van der Waals surface area contributed by atoms with Gasteiger partial charge in [-0.2, -0.15) is 0 Å². The lowest BCUT2D eigenvalue weighted by atomic mass is 9.75. The van der Waals surface area contributed by atoms with Crippen LogP contribution in [-0.2, 0) is 4.79 Å². The lowest BCUT2D eigenvalue weighted by Crippen LogP contribution is -2.40. The van der Waals surface area contributed by atoms with E-state index in [0.29, 0.717) is 23.8 Å². The van der Waals surface area contributed by atoms with Crippen molar-refractivity contribution < 1.29 is 4.79 Å². The van der Waals surface area contributed by atoms with Gasteiger partial charge in [-0.1, -0.05) is 20.3 Å². The maximum atomic E-state index is 12.0. The summed E-state index contributed by atoms with van der Waals surface area (Å²) in [7, 11) is 0. The molecule has 3 nitrogen and oxygen atoms in total. The summed E-state index contributed by atoms with van der Waals surface area (Å²) in [5, 5.41) is 3.21. The molecule has 2 saturated carbocycles. The largest absolute Gasteiger partial charge is 0.353 e. The first-order valence-electron chi connectivity index (χ1n) is 7.51. The van der Waals surface area contributed by atoms with Crippen LogP contribution in [0.15, 0.2) is 0 Å². The second-order valence-corrected chi connectivity index (χ2v) is 7.06. The van der Waals surface area contributed by atoms with Crippen molar-refractivity contribution in [2.45, 2.75) is 77.3 Å². The van der Waals surface area contributed by atoms with E-state index in [1.54, 1.807) is 0 Å². The van der Waals surface area contributed by atoms with Gasteiger partial charge in [-0.05, 0) is 49.9 Å². The Kier molecular flexibility index (Phi) is 6.13. The van der Waals surface area contributed by atoms with E-state index in [1.165, 1.54) is 19.3 Å². The zero-order valence-electron chi connectivity index (χ0n) is 12.3. The average Bonchev–Trinajstić information content (AvgIpc) is 2.68. The maximum Gasteiger partial charge on any atom is 0.220 e. The first-order chi connectivity index (χ1) is 8.46. The van der Waals surface area contributed by atoms with Crippen molar-refractivity contribution in [3.8, 4) is 0 Å². The van der Waals surface area contributed by atoms with E-state index < -0.39 is 0 Å². The van der Waals surface area contributed by atoms with E-state index in [9.17, 15) is 4.79 Å². The second-order valence-electron chi connectivity index (χ2n) is 7.06. The monoisotopic (exact) mass is 288 g/mol. The molecule has 2 atom stereocenters. The summed E-state index contributed by atoms with van der Waals surface area (Å²) in [5.41, 5.74) is 6.48. The topological polar surface area (TPSA) is 55.1 Å². The number of amides is 1. The maximum absolute atomic E-state index is 12.0. The fourth-order valence-corrected chi connectivity index (χ4v) is 3.39. The van der Waals surface area contributed by atoms with Gasteiger partial charge in [0.05, 0.1) is 0 Å². The van der Waals surface area contributed by atoms with Gasteiger partial charge in [0.2, 0.25) is 5.91 Å². The Labute approximate surface area is 123 Å². The molecule has 0 aromatic heterocycles. The van der Waals surface area contributed by atoms with Gasteiger partial charge in [-0.3, -0.25) is 4.79 Å². The molecule has 0 unspecified atom stereocenters. The lowest BCUT2D eigenvalue weighted by molar-refractivity contribution is -0.123. The highest BCUT2D eigenvalue weighted by molar-refractivity contribution is 5.85. The smallest absolute Gasteiger partial charge is 0.220 e. The minimum absolute atomic E-state index is 0. The molecule has 0 aromatic rings. The van der Waals surface area contributed by atoms with Crippen molar-refractivity contribution >= 4 is 18.3 Å². The minimum atomic E-state index is 0. The van der Waals surface area contributed by atoms with Crippen molar-refractivity contribution in [2.75, 3.05) is 0 Å². The fraction of sp³-hybridized carbons (Fsp3) is 0.933. The van der Waals surface area contributed by atoms with E-state index in [0.717, 1.165) is 25.7 Å².